The normalized spacial score (nSPS) is 25.3. The van der Waals surface area contributed by atoms with Gasteiger partial charge in [-0.1, -0.05) is 5.16 Å². The molecule has 0 aromatic carbocycles. The van der Waals surface area contributed by atoms with E-state index in [4.69, 9.17) is 16.3 Å². The van der Waals surface area contributed by atoms with Gasteiger partial charge >= 0.3 is 22.3 Å². The fourth-order valence-corrected chi connectivity index (χ4v) is 5.14. The molecule has 1 unspecified atom stereocenters. The maximum Gasteiger partial charge on any atom is 0.362 e. The number of anilines is 1. The van der Waals surface area contributed by atoms with Gasteiger partial charge in [-0.15, -0.1) is 11.3 Å². The van der Waals surface area contributed by atoms with E-state index in [1.807, 2.05) is 0 Å². The van der Waals surface area contributed by atoms with E-state index in [-0.39, 0.29) is 47.6 Å². The Kier molecular flexibility index (Phi) is 6.49. The Hall–Kier alpha value is -3.55. The van der Waals surface area contributed by atoms with Crippen molar-refractivity contribution in [2.75, 3.05) is 25.4 Å². The molecule has 2 aliphatic heterocycles. The first-order chi connectivity index (χ1) is 16.9. The zero-order valence-electron chi connectivity index (χ0n) is 18.4. The molecule has 19 heteroatoms. The smallest absolute Gasteiger partial charge is 0.362 e. The topological polar surface area (TPSA) is 260 Å². The number of aromatic nitrogens is 1. The van der Waals surface area contributed by atoms with Crippen molar-refractivity contribution in [3.8, 4) is 0 Å². The highest BCUT2D eigenvalue weighted by Gasteiger charge is 2.56. The van der Waals surface area contributed by atoms with Gasteiger partial charge in [0.1, 0.15) is 11.7 Å². The third kappa shape index (κ3) is 4.76. The fourth-order valence-electron chi connectivity index (χ4n) is 3.72. The van der Waals surface area contributed by atoms with Crippen LogP contribution in [-0.4, -0.2) is 105 Å². The number of carbonyl (C=O) groups excluding carboxylic acids is 3. The molecule has 3 heterocycles. The van der Waals surface area contributed by atoms with Gasteiger partial charge in [-0.3, -0.25) is 14.1 Å². The van der Waals surface area contributed by atoms with Gasteiger partial charge in [-0.2, -0.15) is 8.42 Å². The van der Waals surface area contributed by atoms with Crippen molar-refractivity contribution in [3.63, 3.8) is 0 Å². The van der Waals surface area contributed by atoms with Gasteiger partial charge in [-0.25, -0.2) is 18.9 Å². The molecule has 1 aromatic heterocycles. The van der Waals surface area contributed by atoms with Crippen molar-refractivity contribution in [3.05, 3.63) is 11.1 Å². The van der Waals surface area contributed by atoms with Crippen LogP contribution in [0, 0.1) is 0 Å². The number of aliphatic carboxylic acids is 1. The molecule has 3 atom stereocenters. The highest BCUT2D eigenvalue weighted by molar-refractivity contribution is 7.84. The van der Waals surface area contributed by atoms with Crippen molar-refractivity contribution in [2.45, 2.75) is 36.6 Å². The number of rotatable bonds is 10. The predicted octanol–water partition coefficient (Wildman–Crippen LogP) is -3.09. The van der Waals surface area contributed by atoms with E-state index in [0.717, 1.165) is 11.3 Å². The number of carboxylic acids is 1. The van der Waals surface area contributed by atoms with E-state index in [1.54, 1.807) is 0 Å². The van der Waals surface area contributed by atoms with Gasteiger partial charge in [0.2, 0.25) is 5.60 Å². The third-order valence-corrected chi connectivity index (χ3v) is 7.46. The molecule has 1 aliphatic carbocycles. The number of urea groups is 1. The van der Waals surface area contributed by atoms with Crippen LogP contribution in [0.3, 0.4) is 0 Å². The van der Waals surface area contributed by atoms with Crippen LogP contribution in [0.2, 0.25) is 0 Å². The maximum absolute atomic E-state index is 13.1. The lowest BCUT2D eigenvalue weighted by Crippen LogP contribution is -2.74. The number of nitrogen functional groups attached to an aromatic ring is 1. The van der Waals surface area contributed by atoms with E-state index >= 15 is 0 Å². The number of hydrogen-bond donors (Lipinski definition) is 6. The van der Waals surface area contributed by atoms with Crippen LogP contribution in [0.25, 0.3) is 0 Å². The zero-order valence-corrected chi connectivity index (χ0v) is 20.0. The summed E-state index contributed by atoms with van der Waals surface area (Å²) in [6.45, 7) is -0.133. The van der Waals surface area contributed by atoms with Crippen LogP contribution in [0.1, 0.15) is 18.5 Å². The SMILES string of the molecule is NCC1CN(C[C@@H]2[C@H](NC(=O)/C(=N\OC3(C(=O)O)CC3)c3csc(N)n3)C(=O)N2S(=O)(=O)O)C(=O)N1. The molecule has 196 valence electrons. The number of oxime groups is 1. The molecule has 4 amide bonds. The first kappa shape index (κ1) is 25.5. The van der Waals surface area contributed by atoms with E-state index in [2.05, 4.69) is 20.8 Å². The lowest BCUT2D eigenvalue weighted by molar-refractivity contribution is -0.153. The standard InChI is InChI=1S/C17H22N8O9S2/c18-3-7-4-24(16(30)20-7)5-9-11(13(27)25(9)36(31,32)33)22-12(26)10(8-6-35-15(19)21-8)23-34-17(1-2-17)14(28)29/h6-7,9,11H,1-5,18H2,(H2,19,21)(H,20,30)(H,22,26)(H,28,29)(H,31,32,33)/b23-10-/t7?,9-,11+/m1/s1. The van der Waals surface area contributed by atoms with E-state index in [9.17, 15) is 37.3 Å². The van der Waals surface area contributed by atoms with Crippen molar-refractivity contribution in [1.82, 2.24) is 24.8 Å². The van der Waals surface area contributed by atoms with Gasteiger partial charge in [0.05, 0.1) is 12.1 Å². The number of thiazole rings is 1. The second-order valence-electron chi connectivity index (χ2n) is 8.32. The molecular weight excluding hydrogens is 524 g/mol. The quantitative estimate of drug-likeness (QED) is 0.0738. The van der Waals surface area contributed by atoms with Crippen molar-refractivity contribution < 1.29 is 42.1 Å². The summed E-state index contributed by atoms with van der Waals surface area (Å²) >= 11 is 0.958. The molecule has 8 N–H and O–H groups in total. The largest absolute Gasteiger partial charge is 0.478 e. The van der Waals surface area contributed by atoms with Gasteiger partial charge in [-0.05, 0) is 0 Å². The number of β-lactam (4-membered cyclic amide) rings is 1. The summed E-state index contributed by atoms with van der Waals surface area (Å²) < 4.78 is 33.2. The second kappa shape index (κ2) is 9.15. The number of carboxylic acid groups (broad SMARTS) is 1. The van der Waals surface area contributed by atoms with E-state index in [0.29, 0.717) is 0 Å². The molecule has 3 aliphatic rings. The molecule has 4 rings (SSSR count). The number of carbonyl (C=O) groups is 4. The summed E-state index contributed by atoms with van der Waals surface area (Å²) in [6.07, 6.45) is 0.322. The molecule has 1 saturated carbocycles. The first-order valence-corrected chi connectivity index (χ1v) is 12.7. The highest BCUT2D eigenvalue weighted by atomic mass is 32.2. The maximum atomic E-state index is 13.1. The van der Waals surface area contributed by atoms with Crippen LogP contribution in [0.5, 0.6) is 0 Å². The molecule has 0 spiro atoms. The van der Waals surface area contributed by atoms with Crippen molar-refractivity contribution in [1.29, 1.82) is 0 Å². The number of nitrogens with zero attached hydrogens (tertiary/aromatic N) is 4. The summed E-state index contributed by atoms with van der Waals surface area (Å²) in [5, 5.41) is 19.2. The van der Waals surface area contributed by atoms with E-state index < -0.39 is 63.6 Å². The van der Waals surface area contributed by atoms with Crippen molar-refractivity contribution in [2.24, 2.45) is 10.9 Å². The summed E-state index contributed by atoms with van der Waals surface area (Å²) in [5.41, 5.74) is 8.99. The van der Waals surface area contributed by atoms with Crippen LogP contribution in [0.4, 0.5) is 9.93 Å². The molecule has 17 nitrogen and oxygen atoms in total. The summed E-state index contributed by atoms with van der Waals surface area (Å²) in [5.74, 6) is -3.49. The fraction of sp³-hybridized carbons (Fsp3) is 0.529. The average molecular weight is 547 g/mol. The summed E-state index contributed by atoms with van der Waals surface area (Å²) in [6, 6.07) is -3.81. The monoisotopic (exact) mass is 546 g/mol. The average Bonchev–Trinajstić information content (AvgIpc) is 3.34. The Balaban J connectivity index is 1.56. The van der Waals surface area contributed by atoms with Crippen LogP contribution in [0.15, 0.2) is 10.5 Å². The van der Waals surface area contributed by atoms with Crippen LogP contribution < -0.4 is 22.1 Å². The number of nitrogens with two attached hydrogens (primary N) is 2. The molecule has 3 fully saturated rings. The number of amides is 4. The van der Waals surface area contributed by atoms with Crippen LogP contribution >= 0.6 is 11.3 Å². The molecule has 2 saturated heterocycles. The lowest BCUT2D eigenvalue weighted by atomic mass is 9.97. The number of hydrogen-bond acceptors (Lipinski definition) is 12. The molecular formula is C17H22N8O9S2. The minimum absolute atomic E-state index is 0.0644. The Labute approximate surface area is 207 Å². The first-order valence-electron chi connectivity index (χ1n) is 10.4. The Morgan fingerprint density at radius 1 is 1.39 bits per heavy atom. The Morgan fingerprint density at radius 2 is 2.08 bits per heavy atom. The minimum Gasteiger partial charge on any atom is -0.478 e. The zero-order chi connectivity index (χ0) is 26.4. The summed E-state index contributed by atoms with van der Waals surface area (Å²) in [7, 11) is -5.01. The second-order valence-corrected chi connectivity index (χ2v) is 10.5. The Bertz CT molecular complexity index is 1240. The highest BCUT2D eigenvalue weighted by Crippen LogP contribution is 2.40. The predicted molar refractivity (Wildman–Crippen MR) is 121 cm³/mol. The lowest BCUT2D eigenvalue weighted by Gasteiger charge is -2.45. The van der Waals surface area contributed by atoms with Crippen LogP contribution in [-0.2, 0) is 29.5 Å². The van der Waals surface area contributed by atoms with Crippen molar-refractivity contribution >= 4 is 56.3 Å². The minimum atomic E-state index is -5.01. The molecule has 36 heavy (non-hydrogen) atoms. The third-order valence-electron chi connectivity index (χ3n) is 5.84. The Morgan fingerprint density at radius 3 is 2.58 bits per heavy atom. The van der Waals surface area contributed by atoms with Gasteiger partial charge in [0.15, 0.2) is 10.8 Å². The van der Waals surface area contributed by atoms with Gasteiger partial charge < -0.3 is 36.9 Å². The van der Waals surface area contributed by atoms with Gasteiger partial charge in [0, 0.05) is 37.9 Å². The van der Waals surface area contributed by atoms with Gasteiger partial charge in [0.25, 0.3) is 11.8 Å². The summed E-state index contributed by atoms with van der Waals surface area (Å²) in [4.78, 5) is 59.4. The molecule has 1 aromatic rings. The molecule has 0 radical (unpaired) electrons. The number of nitrogens with one attached hydrogen (secondary N) is 2. The molecule has 0 bridgehead atoms. The van der Waals surface area contributed by atoms with E-state index in [1.165, 1.54) is 10.3 Å².